The molecule has 1 aliphatic rings. The van der Waals surface area contributed by atoms with E-state index in [0.717, 1.165) is 49.0 Å². The Hall–Kier alpha value is -2.64. The maximum Gasteiger partial charge on any atom is 0.163 e. The first-order valence-electron chi connectivity index (χ1n) is 10.3. The Bertz CT molecular complexity index is 939. The molecule has 4 rings (SSSR count). The summed E-state index contributed by atoms with van der Waals surface area (Å²) in [5.41, 5.74) is 3.28. The van der Waals surface area contributed by atoms with E-state index in [-0.39, 0.29) is 0 Å². The van der Waals surface area contributed by atoms with E-state index in [1.54, 1.807) is 7.11 Å². The first-order chi connectivity index (χ1) is 14.1. The van der Waals surface area contributed by atoms with Gasteiger partial charge in [-0.1, -0.05) is 44.2 Å². The van der Waals surface area contributed by atoms with Crippen molar-refractivity contribution < 1.29 is 4.74 Å². The van der Waals surface area contributed by atoms with Crippen LogP contribution in [0.4, 0.5) is 11.6 Å². The lowest BCUT2D eigenvalue weighted by molar-refractivity contribution is 0.173. The van der Waals surface area contributed by atoms with Crippen molar-refractivity contribution in [2.75, 3.05) is 30.9 Å². The van der Waals surface area contributed by atoms with Gasteiger partial charge in [0.1, 0.15) is 11.6 Å². The maximum absolute atomic E-state index is 5.28. The predicted molar refractivity (Wildman–Crippen MR) is 117 cm³/mol. The fourth-order valence-electron chi connectivity index (χ4n) is 3.84. The molecule has 7 heteroatoms. The van der Waals surface area contributed by atoms with Gasteiger partial charge in [0, 0.05) is 43.9 Å². The molecule has 1 fully saturated rings. The van der Waals surface area contributed by atoms with Gasteiger partial charge in [-0.3, -0.25) is 0 Å². The highest BCUT2D eigenvalue weighted by Gasteiger charge is 2.24. The minimum Gasteiger partial charge on any atom is -0.383 e. The molecule has 0 saturated carbocycles. The summed E-state index contributed by atoms with van der Waals surface area (Å²) in [5, 5.41) is 15.2. The van der Waals surface area contributed by atoms with Crippen molar-refractivity contribution in [3.8, 4) is 0 Å². The summed E-state index contributed by atoms with van der Waals surface area (Å²) in [6.07, 6.45) is 2.94. The maximum atomic E-state index is 5.28. The fourth-order valence-corrected chi connectivity index (χ4v) is 3.84. The molecule has 2 aromatic heterocycles. The average Bonchev–Trinajstić information content (AvgIpc) is 3.34. The molecule has 0 amide bonds. The first-order valence-corrected chi connectivity index (χ1v) is 10.3. The van der Waals surface area contributed by atoms with Crippen molar-refractivity contribution in [1.29, 1.82) is 0 Å². The van der Waals surface area contributed by atoms with Crippen molar-refractivity contribution >= 4 is 17.3 Å². The molecule has 154 valence electrons. The zero-order valence-corrected chi connectivity index (χ0v) is 17.4. The van der Waals surface area contributed by atoms with E-state index in [1.807, 2.05) is 16.8 Å². The molecule has 0 bridgehead atoms. The van der Waals surface area contributed by atoms with Gasteiger partial charge in [-0.2, -0.15) is 9.61 Å². The van der Waals surface area contributed by atoms with Crippen LogP contribution in [0.25, 0.3) is 5.65 Å². The average molecular weight is 395 g/mol. The number of benzene rings is 1. The molecule has 2 atom stereocenters. The van der Waals surface area contributed by atoms with Gasteiger partial charge >= 0.3 is 0 Å². The van der Waals surface area contributed by atoms with Gasteiger partial charge in [0.15, 0.2) is 5.65 Å². The molecule has 1 saturated heterocycles. The van der Waals surface area contributed by atoms with Crippen molar-refractivity contribution in [3.05, 3.63) is 53.7 Å². The van der Waals surface area contributed by atoms with Crippen molar-refractivity contribution in [3.63, 3.8) is 0 Å². The second-order valence-electron chi connectivity index (χ2n) is 7.99. The van der Waals surface area contributed by atoms with E-state index in [1.165, 1.54) is 5.56 Å². The summed E-state index contributed by atoms with van der Waals surface area (Å²) < 4.78 is 7.19. The molecule has 3 heterocycles. The van der Waals surface area contributed by atoms with Gasteiger partial charge in [-0.25, -0.2) is 4.98 Å². The number of fused-ring (bicyclic) bond motifs is 1. The lowest BCUT2D eigenvalue weighted by Gasteiger charge is -2.16. The number of hydrogen-bond acceptors (Lipinski definition) is 6. The van der Waals surface area contributed by atoms with Crippen LogP contribution in [0.15, 0.2) is 42.6 Å². The quantitative estimate of drug-likeness (QED) is 0.545. The predicted octanol–water partition coefficient (Wildman–Crippen LogP) is 3.25. The van der Waals surface area contributed by atoms with Crippen molar-refractivity contribution in [1.82, 2.24) is 19.9 Å². The normalized spacial score (nSPS) is 19.2. The summed E-state index contributed by atoms with van der Waals surface area (Å²) in [7, 11) is 1.75. The zero-order chi connectivity index (χ0) is 20.2. The number of methoxy groups -OCH3 is 1. The van der Waals surface area contributed by atoms with Crippen LogP contribution in [0.5, 0.6) is 0 Å². The van der Waals surface area contributed by atoms with Crippen LogP contribution in [-0.4, -0.2) is 46.9 Å². The number of ether oxygens (including phenoxy) is 1. The number of anilines is 2. The second kappa shape index (κ2) is 8.80. The fraction of sp³-hybridized carbons (Fsp3) is 0.455. The Balaban J connectivity index is 1.59. The Kier molecular flexibility index (Phi) is 5.97. The summed E-state index contributed by atoms with van der Waals surface area (Å²) in [4.78, 5) is 4.90. The van der Waals surface area contributed by atoms with Crippen molar-refractivity contribution in [2.24, 2.45) is 0 Å². The molecule has 1 aliphatic heterocycles. The lowest BCUT2D eigenvalue weighted by atomic mass is 10.1. The zero-order valence-electron chi connectivity index (χ0n) is 17.4. The number of aromatic nitrogens is 3. The van der Waals surface area contributed by atoms with Gasteiger partial charge in [-0.05, 0) is 17.9 Å². The largest absolute Gasteiger partial charge is 0.383 e. The Morgan fingerprint density at radius 2 is 2.10 bits per heavy atom. The molecule has 0 aliphatic carbocycles. The number of hydrogen-bond donors (Lipinski definition) is 3. The van der Waals surface area contributed by atoms with E-state index in [2.05, 4.69) is 65.2 Å². The smallest absolute Gasteiger partial charge is 0.163 e. The molecule has 7 nitrogen and oxygen atoms in total. The standard InChI is InChI=1S/C22H30N6O/c1-15(2)19-13-25-28-21(24-11-16-7-5-4-6-8-16)10-20(27-22(19)28)26-17-9-18(14-29-3)23-12-17/h4-8,10,13,15,17-18,23-24H,9,11-12,14H2,1-3H3,(H,26,27)/t17-,18-/m1/s1. The van der Waals surface area contributed by atoms with Crippen LogP contribution in [0.1, 0.15) is 37.3 Å². The third-order valence-corrected chi connectivity index (χ3v) is 5.38. The molecule has 29 heavy (non-hydrogen) atoms. The number of rotatable bonds is 8. The van der Waals surface area contributed by atoms with Crippen LogP contribution < -0.4 is 16.0 Å². The van der Waals surface area contributed by atoms with E-state index in [9.17, 15) is 0 Å². The van der Waals surface area contributed by atoms with Crippen LogP contribution in [0, 0.1) is 0 Å². The van der Waals surface area contributed by atoms with Gasteiger partial charge in [0.25, 0.3) is 0 Å². The third kappa shape index (κ3) is 4.52. The van der Waals surface area contributed by atoms with E-state index < -0.39 is 0 Å². The molecule has 0 unspecified atom stereocenters. The van der Waals surface area contributed by atoms with Gasteiger partial charge in [0.05, 0.1) is 12.8 Å². The minimum absolute atomic E-state index is 0.331. The molecular formula is C22H30N6O. The Morgan fingerprint density at radius 3 is 2.86 bits per heavy atom. The first kappa shape index (κ1) is 19.7. The highest BCUT2D eigenvalue weighted by atomic mass is 16.5. The number of nitrogens with one attached hydrogen (secondary N) is 3. The van der Waals surface area contributed by atoms with E-state index in [0.29, 0.717) is 18.0 Å². The molecule has 3 N–H and O–H groups in total. The summed E-state index contributed by atoms with van der Waals surface area (Å²) in [6, 6.07) is 13.2. The highest BCUT2D eigenvalue weighted by molar-refractivity contribution is 5.61. The van der Waals surface area contributed by atoms with Crippen LogP contribution in [0.2, 0.25) is 0 Å². The van der Waals surface area contributed by atoms with E-state index >= 15 is 0 Å². The van der Waals surface area contributed by atoms with Gasteiger partial charge in [-0.15, -0.1) is 0 Å². The topological polar surface area (TPSA) is 75.5 Å². The molecule has 3 aromatic rings. The van der Waals surface area contributed by atoms with Crippen LogP contribution in [-0.2, 0) is 11.3 Å². The Morgan fingerprint density at radius 1 is 1.28 bits per heavy atom. The van der Waals surface area contributed by atoms with Gasteiger partial charge in [0.2, 0.25) is 0 Å². The second-order valence-corrected chi connectivity index (χ2v) is 7.99. The molecular weight excluding hydrogens is 364 g/mol. The molecule has 0 radical (unpaired) electrons. The number of nitrogens with zero attached hydrogens (tertiary/aromatic N) is 3. The lowest BCUT2D eigenvalue weighted by Crippen LogP contribution is -2.26. The van der Waals surface area contributed by atoms with Crippen LogP contribution in [0.3, 0.4) is 0 Å². The Labute approximate surface area is 171 Å². The molecule has 1 aromatic carbocycles. The highest BCUT2D eigenvalue weighted by Crippen LogP contribution is 2.25. The molecule has 0 spiro atoms. The SMILES string of the molecule is COC[C@H]1C[C@@H](Nc2cc(NCc3ccccc3)n3ncc(C(C)C)c3n2)CN1. The van der Waals surface area contributed by atoms with Gasteiger partial charge < -0.3 is 20.7 Å². The van der Waals surface area contributed by atoms with Crippen LogP contribution >= 0.6 is 0 Å². The summed E-state index contributed by atoms with van der Waals surface area (Å²) in [6.45, 7) is 6.72. The summed E-state index contributed by atoms with van der Waals surface area (Å²) in [5.74, 6) is 2.17. The third-order valence-electron chi connectivity index (χ3n) is 5.38. The minimum atomic E-state index is 0.331. The van der Waals surface area contributed by atoms with Crippen molar-refractivity contribution in [2.45, 2.75) is 44.8 Å². The monoisotopic (exact) mass is 394 g/mol. The van der Waals surface area contributed by atoms with E-state index in [4.69, 9.17) is 9.72 Å². The summed E-state index contributed by atoms with van der Waals surface area (Å²) >= 11 is 0.